The first-order chi connectivity index (χ1) is 27.1. The summed E-state index contributed by atoms with van der Waals surface area (Å²) >= 11 is 0. The first-order valence-electron chi connectivity index (χ1n) is 21.5. The number of hydrogen-bond donors (Lipinski definition) is 0. The van der Waals surface area contributed by atoms with Gasteiger partial charge in [-0.3, -0.25) is 29.0 Å². The second-order valence-corrected chi connectivity index (χ2v) is 19.3. The Morgan fingerprint density at radius 1 is 0.737 bits per heavy atom. The van der Waals surface area contributed by atoms with E-state index in [4.69, 9.17) is 14.2 Å². The summed E-state index contributed by atoms with van der Waals surface area (Å²) in [4.78, 5) is 66.1. The molecule has 306 valence electrons. The van der Waals surface area contributed by atoms with Crippen molar-refractivity contribution in [3.63, 3.8) is 0 Å². The highest BCUT2D eigenvalue weighted by atomic mass is 16.7. The Hall–Kier alpha value is -4.05. The van der Waals surface area contributed by atoms with E-state index in [-0.39, 0.29) is 59.2 Å². The molecule has 4 fully saturated rings. The maximum atomic E-state index is 13.6. The van der Waals surface area contributed by atoms with Crippen molar-refractivity contribution in [2.45, 2.75) is 117 Å². The van der Waals surface area contributed by atoms with E-state index < -0.39 is 11.9 Å². The van der Waals surface area contributed by atoms with Gasteiger partial charge in [-0.25, -0.2) is 4.79 Å². The summed E-state index contributed by atoms with van der Waals surface area (Å²) in [6, 6.07) is 9.61. The van der Waals surface area contributed by atoms with E-state index in [0.717, 1.165) is 40.9 Å². The number of benzene rings is 2. The summed E-state index contributed by atoms with van der Waals surface area (Å²) in [7, 11) is 2.93. The first kappa shape index (κ1) is 39.8. The predicted octanol–water partition coefficient (Wildman–Crippen LogP) is 8.82. The van der Waals surface area contributed by atoms with Gasteiger partial charge in [0.05, 0.1) is 33.9 Å². The molecule has 0 aromatic heterocycles. The van der Waals surface area contributed by atoms with E-state index in [9.17, 15) is 24.0 Å². The van der Waals surface area contributed by atoms with Crippen LogP contribution in [0.4, 0.5) is 0 Å². The number of hydrogen-bond acceptors (Lipinski definition) is 8. The highest BCUT2D eigenvalue weighted by Crippen LogP contribution is 2.69. The van der Waals surface area contributed by atoms with Crippen LogP contribution in [0.25, 0.3) is 0 Å². The summed E-state index contributed by atoms with van der Waals surface area (Å²) in [5.41, 5.74) is 1.83. The van der Waals surface area contributed by atoms with Gasteiger partial charge in [0.15, 0.2) is 6.79 Å². The van der Waals surface area contributed by atoms with Crippen molar-refractivity contribution in [2.24, 2.45) is 52.3 Å². The van der Waals surface area contributed by atoms with E-state index in [1.807, 2.05) is 0 Å². The van der Waals surface area contributed by atoms with E-state index in [2.05, 4.69) is 34.6 Å². The largest absolute Gasteiger partial charge is 0.468 e. The Morgan fingerprint density at radius 3 is 2.07 bits per heavy atom. The smallest absolute Gasteiger partial charge is 0.338 e. The van der Waals surface area contributed by atoms with Crippen molar-refractivity contribution >= 4 is 29.6 Å². The Kier molecular flexibility index (Phi) is 10.4. The topological polar surface area (TPSA) is 120 Å². The normalized spacial score (nSPS) is 33.5. The lowest BCUT2D eigenvalue weighted by molar-refractivity contribution is -0.199. The van der Waals surface area contributed by atoms with Gasteiger partial charge in [0.2, 0.25) is 0 Å². The van der Waals surface area contributed by atoms with Gasteiger partial charge < -0.3 is 14.2 Å². The van der Waals surface area contributed by atoms with E-state index in [0.29, 0.717) is 57.9 Å². The van der Waals surface area contributed by atoms with Gasteiger partial charge in [-0.2, -0.15) is 0 Å². The molecule has 2 aromatic carbocycles. The minimum atomic E-state index is -0.487. The number of ether oxygens (including phenoxy) is 3. The molecule has 6 aliphatic rings. The van der Waals surface area contributed by atoms with Crippen LogP contribution in [0, 0.1) is 52.3 Å². The fourth-order valence-corrected chi connectivity index (χ4v) is 12.9. The van der Waals surface area contributed by atoms with Crippen molar-refractivity contribution in [1.29, 1.82) is 0 Å². The molecule has 10 nitrogen and oxygen atoms in total. The Labute approximate surface area is 337 Å². The van der Waals surface area contributed by atoms with Gasteiger partial charge in [0.25, 0.3) is 23.6 Å². The molecule has 2 heterocycles. The zero-order valence-corrected chi connectivity index (χ0v) is 34.8. The number of carbonyl (C=O) groups is 5. The summed E-state index contributed by atoms with van der Waals surface area (Å²) in [5, 5.41) is 0. The number of esters is 1. The quantitative estimate of drug-likeness (QED) is 0.126. The summed E-state index contributed by atoms with van der Waals surface area (Å²) in [6.45, 7) is 12.2. The van der Waals surface area contributed by atoms with Gasteiger partial charge in [0.1, 0.15) is 11.9 Å². The lowest BCUT2D eigenvalue weighted by Crippen LogP contribution is -2.59. The lowest BCUT2D eigenvalue weighted by atomic mass is 9.43. The molecule has 0 saturated heterocycles. The molecule has 2 aromatic rings. The summed E-state index contributed by atoms with van der Waals surface area (Å²) in [6.07, 6.45) is 11.8. The van der Waals surface area contributed by atoms with Crippen LogP contribution in [0.1, 0.15) is 157 Å². The molecular formula is C47H60N2O8. The van der Waals surface area contributed by atoms with Crippen LogP contribution in [0.15, 0.2) is 36.4 Å². The van der Waals surface area contributed by atoms with E-state index in [1.54, 1.807) is 30.3 Å². The molecule has 0 bridgehead atoms. The third kappa shape index (κ3) is 6.71. The minimum absolute atomic E-state index is 0.00359. The van der Waals surface area contributed by atoms with Crippen LogP contribution in [-0.4, -0.2) is 72.5 Å². The fraction of sp³-hybridized carbons (Fsp3) is 0.638. The van der Waals surface area contributed by atoms with Crippen molar-refractivity contribution in [1.82, 2.24) is 9.80 Å². The van der Waals surface area contributed by atoms with Gasteiger partial charge >= 0.3 is 5.97 Å². The molecule has 10 atom stereocenters. The number of rotatable bonds is 11. The molecule has 0 spiro atoms. The van der Waals surface area contributed by atoms with Crippen molar-refractivity contribution in [3.8, 4) is 5.75 Å². The number of carbonyl (C=O) groups excluding carboxylic acids is 5. The molecular weight excluding hydrogens is 721 g/mol. The van der Waals surface area contributed by atoms with Crippen LogP contribution < -0.4 is 4.74 Å². The number of imide groups is 2. The molecule has 10 heteroatoms. The summed E-state index contributed by atoms with van der Waals surface area (Å²) in [5.74, 6) is 2.61. The van der Waals surface area contributed by atoms with Gasteiger partial charge in [-0.1, -0.05) is 53.9 Å². The van der Waals surface area contributed by atoms with Gasteiger partial charge in [0, 0.05) is 14.1 Å². The second kappa shape index (κ2) is 15.0. The Bertz CT molecular complexity index is 1980. The lowest BCUT2D eigenvalue weighted by Gasteiger charge is -2.63. The molecule has 8 rings (SSSR count). The molecule has 4 saturated carbocycles. The van der Waals surface area contributed by atoms with Crippen molar-refractivity contribution < 1.29 is 38.2 Å². The van der Waals surface area contributed by atoms with Crippen LogP contribution in [0.5, 0.6) is 5.75 Å². The van der Waals surface area contributed by atoms with E-state index >= 15 is 0 Å². The maximum absolute atomic E-state index is 13.6. The van der Waals surface area contributed by atoms with Crippen LogP contribution in [-0.2, 0) is 9.47 Å². The van der Waals surface area contributed by atoms with Crippen LogP contribution in [0.3, 0.4) is 0 Å². The molecule has 57 heavy (non-hydrogen) atoms. The molecule has 4 amide bonds. The number of nitrogens with zero attached hydrogens (tertiary/aromatic N) is 2. The molecule has 0 N–H and O–H groups in total. The zero-order valence-electron chi connectivity index (χ0n) is 34.8. The molecule has 0 radical (unpaired) electrons. The predicted molar refractivity (Wildman–Crippen MR) is 214 cm³/mol. The standard InChI is InChI=1S/C47H60N2O8/c1-26(2)9-8-10-27(3)36-15-16-37-35-24-40(56-25-55-29-12-14-32-34(22-29)44(53)49(7)42(32)51)39-23-30(17-19-47(39,5)38(35)18-20-46(36,37)4)57-45(54)28-11-13-31-33(21-28)43(52)48(6)41(31)50/h11-14,21-22,26-27,30,35-40H,8-10,15-20,23-25H2,1-7H3. The monoisotopic (exact) mass is 780 g/mol. The van der Waals surface area contributed by atoms with Gasteiger partial charge in [-0.05, 0) is 140 Å². The SMILES string of the molecule is CC(C)CCCC(C)C1CCC2C3CC(OCOc4ccc5c(c4)C(=O)N(C)C5=O)C4CC(OC(=O)c5ccc6c(c5)C(=O)N(C)C6=O)CCC4(C)C3CCC12C. The Balaban J connectivity index is 1.01. The van der Waals surface area contributed by atoms with Crippen molar-refractivity contribution in [3.05, 3.63) is 64.2 Å². The third-order valence-corrected chi connectivity index (χ3v) is 16.0. The second-order valence-electron chi connectivity index (χ2n) is 19.3. The number of amides is 4. The zero-order chi connectivity index (χ0) is 40.6. The maximum Gasteiger partial charge on any atom is 0.338 e. The van der Waals surface area contributed by atoms with Gasteiger partial charge in [-0.15, -0.1) is 0 Å². The average molecular weight is 781 g/mol. The number of fused-ring (bicyclic) bond motifs is 7. The highest BCUT2D eigenvalue weighted by Gasteiger charge is 2.63. The minimum Gasteiger partial charge on any atom is -0.468 e. The van der Waals surface area contributed by atoms with Crippen molar-refractivity contribution in [2.75, 3.05) is 20.9 Å². The van der Waals surface area contributed by atoms with Crippen LogP contribution in [0.2, 0.25) is 0 Å². The molecule has 2 aliphatic heterocycles. The van der Waals surface area contributed by atoms with Crippen LogP contribution >= 0.6 is 0 Å². The molecule has 4 aliphatic carbocycles. The average Bonchev–Trinajstić information content (AvgIpc) is 3.73. The first-order valence-corrected chi connectivity index (χ1v) is 21.5. The Morgan fingerprint density at radius 2 is 1.37 bits per heavy atom. The third-order valence-electron chi connectivity index (χ3n) is 16.0. The molecule has 10 unspecified atom stereocenters. The fourth-order valence-electron chi connectivity index (χ4n) is 12.9. The van der Waals surface area contributed by atoms with E-state index in [1.165, 1.54) is 65.1 Å². The summed E-state index contributed by atoms with van der Waals surface area (Å²) < 4.78 is 19.2. The highest BCUT2D eigenvalue weighted by molar-refractivity contribution is 6.22.